The molecule has 2 aromatic carbocycles. The molecule has 2 aromatic rings. The molecule has 2 heterocycles. The number of rotatable bonds is 2. The number of hydrogen-bond acceptors (Lipinski definition) is 2. The molecule has 130 valence electrons. The molecule has 1 spiro atoms. The zero-order chi connectivity index (χ0) is 17.5. The number of piperidine rings is 1. The Morgan fingerprint density at radius 1 is 1.04 bits per heavy atom. The van der Waals surface area contributed by atoms with E-state index < -0.39 is 0 Å². The van der Waals surface area contributed by atoms with Gasteiger partial charge in [-0.25, -0.2) is 0 Å². The number of benzene rings is 2. The van der Waals surface area contributed by atoms with Crippen LogP contribution in [0.1, 0.15) is 25.3 Å². The lowest BCUT2D eigenvalue weighted by Crippen LogP contribution is -2.48. The van der Waals surface area contributed by atoms with Crippen molar-refractivity contribution < 1.29 is 4.79 Å². The summed E-state index contributed by atoms with van der Waals surface area (Å²) in [6.45, 7) is 4.76. The van der Waals surface area contributed by atoms with E-state index in [1.165, 1.54) is 29.8 Å². The van der Waals surface area contributed by atoms with Crippen LogP contribution < -0.4 is 15.1 Å². The highest BCUT2D eigenvalue weighted by atomic mass is 16.1. The van der Waals surface area contributed by atoms with Crippen LogP contribution in [0.4, 0.5) is 17.1 Å². The van der Waals surface area contributed by atoms with Crippen molar-refractivity contribution in [2.24, 2.45) is 0 Å². The average Bonchev–Trinajstić information content (AvgIpc) is 2.85. The van der Waals surface area contributed by atoms with Gasteiger partial charge in [-0.2, -0.15) is 0 Å². The Kier molecular flexibility index (Phi) is 3.89. The number of para-hydroxylation sites is 3. The van der Waals surface area contributed by atoms with E-state index in [2.05, 4.69) is 54.1 Å². The predicted octanol–water partition coefficient (Wildman–Crippen LogP) is 3.55. The zero-order valence-electron chi connectivity index (χ0n) is 15.0. The van der Waals surface area contributed by atoms with Gasteiger partial charge in [-0.1, -0.05) is 30.3 Å². The molecule has 1 atom stereocenters. The van der Waals surface area contributed by atoms with E-state index in [4.69, 9.17) is 0 Å². The van der Waals surface area contributed by atoms with Gasteiger partial charge in [-0.3, -0.25) is 9.28 Å². The van der Waals surface area contributed by atoms with E-state index >= 15 is 0 Å². The maximum atomic E-state index is 11.7. The molecular formula is C21H26N3O+. The SMILES string of the molecule is CC(=O)Nc1ccccc1[N+]1(C)CC2(CCNCC2)c2ccccc21. The molecule has 2 aliphatic heterocycles. The molecular weight excluding hydrogens is 310 g/mol. The molecule has 4 heteroatoms. The second-order valence-electron chi connectivity index (χ2n) is 7.60. The van der Waals surface area contributed by atoms with Crippen molar-refractivity contribution in [1.82, 2.24) is 9.80 Å². The average molecular weight is 336 g/mol. The lowest BCUT2D eigenvalue weighted by Gasteiger charge is -2.36. The van der Waals surface area contributed by atoms with Gasteiger partial charge in [0.05, 0.1) is 19.0 Å². The van der Waals surface area contributed by atoms with Crippen molar-refractivity contribution in [2.75, 3.05) is 32.0 Å². The number of hydrogen-bond donors (Lipinski definition) is 2. The molecule has 1 unspecified atom stereocenters. The Morgan fingerprint density at radius 3 is 2.40 bits per heavy atom. The third kappa shape index (κ3) is 2.57. The van der Waals surface area contributed by atoms with Gasteiger partial charge in [-0.15, -0.1) is 0 Å². The maximum absolute atomic E-state index is 11.7. The molecule has 4 rings (SSSR count). The van der Waals surface area contributed by atoms with Gasteiger partial charge in [-0.05, 0) is 38.1 Å². The molecule has 2 aliphatic rings. The minimum absolute atomic E-state index is 0.0249. The third-order valence-electron chi connectivity index (χ3n) is 5.93. The van der Waals surface area contributed by atoms with E-state index in [1.807, 2.05) is 12.1 Å². The fourth-order valence-corrected chi connectivity index (χ4v) is 4.88. The topological polar surface area (TPSA) is 41.1 Å². The van der Waals surface area contributed by atoms with Crippen LogP contribution in [-0.4, -0.2) is 32.6 Å². The maximum Gasteiger partial charge on any atom is 0.221 e. The number of fused-ring (bicyclic) bond motifs is 2. The normalized spacial score (nSPS) is 24.1. The monoisotopic (exact) mass is 336 g/mol. The van der Waals surface area contributed by atoms with Gasteiger partial charge in [0.15, 0.2) is 5.69 Å². The number of anilines is 1. The molecule has 1 amide bonds. The summed E-state index contributed by atoms with van der Waals surface area (Å²) >= 11 is 0. The third-order valence-corrected chi connectivity index (χ3v) is 5.93. The first kappa shape index (κ1) is 16.3. The van der Waals surface area contributed by atoms with E-state index in [0.717, 1.165) is 29.8 Å². The van der Waals surface area contributed by atoms with Crippen LogP contribution in [0.5, 0.6) is 0 Å². The van der Waals surface area contributed by atoms with Crippen molar-refractivity contribution in [3.8, 4) is 0 Å². The Labute approximate surface area is 149 Å². The highest BCUT2D eigenvalue weighted by molar-refractivity contribution is 5.93. The Balaban J connectivity index is 1.87. The summed E-state index contributed by atoms with van der Waals surface area (Å²) in [7, 11) is 2.29. The van der Waals surface area contributed by atoms with Crippen LogP contribution in [0, 0.1) is 0 Å². The van der Waals surface area contributed by atoms with Crippen LogP contribution in [0.15, 0.2) is 48.5 Å². The quantitative estimate of drug-likeness (QED) is 0.824. The molecule has 4 nitrogen and oxygen atoms in total. The molecule has 25 heavy (non-hydrogen) atoms. The van der Waals surface area contributed by atoms with Gasteiger partial charge < -0.3 is 10.6 Å². The van der Waals surface area contributed by atoms with E-state index in [1.54, 1.807) is 6.92 Å². The predicted molar refractivity (Wildman–Crippen MR) is 103 cm³/mol. The summed E-state index contributed by atoms with van der Waals surface area (Å²) in [5.41, 5.74) is 5.15. The highest BCUT2D eigenvalue weighted by Gasteiger charge is 2.53. The Bertz CT molecular complexity index is 810. The number of amides is 1. The first-order chi connectivity index (χ1) is 12.1. The second-order valence-corrected chi connectivity index (χ2v) is 7.60. The summed E-state index contributed by atoms with van der Waals surface area (Å²) in [6, 6.07) is 17.1. The molecule has 0 bridgehead atoms. The van der Waals surface area contributed by atoms with Gasteiger partial charge in [0.25, 0.3) is 0 Å². The Hall–Kier alpha value is -2.17. The van der Waals surface area contributed by atoms with Crippen LogP contribution >= 0.6 is 0 Å². The van der Waals surface area contributed by atoms with Gasteiger partial charge in [0, 0.05) is 18.6 Å². The standard InChI is InChI=1S/C21H25N3O/c1-16(25)23-18-8-4-6-10-20(18)24(2)15-21(11-13-22-14-12-21)17-7-3-5-9-19(17)24/h3-10,22H,11-15H2,1-2H3/p+1. The molecule has 1 fully saturated rings. The van der Waals surface area contributed by atoms with Crippen LogP contribution in [0.2, 0.25) is 0 Å². The summed E-state index contributed by atoms with van der Waals surface area (Å²) < 4.78 is 0.743. The number of carbonyl (C=O) groups is 1. The first-order valence-corrected chi connectivity index (χ1v) is 9.09. The van der Waals surface area contributed by atoms with E-state index in [9.17, 15) is 4.79 Å². The largest absolute Gasteiger partial charge is 0.321 e. The number of carbonyl (C=O) groups excluding carboxylic acids is 1. The summed E-state index contributed by atoms with van der Waals surface area (Å²) in [5, 5.41) is 6.54. The fourth-order valence-electron chi connectivity index (χ4n) is 4.88. The van der Waals surface area contributed by atoms with Crippen molar-refractivity contribution >= 4 is 23.0 Å². The number of nitrogens with one attached hydrogen (secondary N) is 2. The highest BCUT2D eigenvalue weighted by Crippen LogP contribution is 2.53. The van der Waals surface area contributed by atoms with Crippen molar-refractivity contribution in [3.63, 3.8) is 0 Å². The minimum Gasteiger partial charge on any atom is -0.321 e. The van der Waals surface area contributed by atoms with Crippen molar-refractivity contribution in [2.45, 2.75) is 25.2 Å². The molecule has 1 saturated heterocycles. The summed E-state index contributed by atoms with van der Waals surface area (Å²) in [4.78, 5) is 11.7. The molecule has 2 N–H and O–H groups in total. The number of quaternary nitrogens is 1. The van der Waals surface area contributed by atoms with Crippen molar-refractivity contribution in [3.05, 3.63) is 54.1 Å². The lowest BCUT2D eigenvalue weighted by atomic mass is 9.75. The van der Waals surface area contributed by atoms with Crippen molar-refractivity contribution in [1.29, 1.82) is 0 Å². The van der Waals surface area contributed by atoms with Crippen LogP contribution in [0.25, 0.3) is 0 Å². The van der Waals surface area contributed by atoms with Crippen LogP contribution in [0.3, 0.4) is 0 Å². The molecule has 0 radical (unpaired) electrons. The van der Waals surface area contributed by atoms with Crippen LogP contribution in [-0.2, 0) is 10.2 Å². The number of nitrogens with zero attached hydrogens (tertiary/aromatic N) is 1. The zero-order valence-corrected chi connectivity index (χ0v) is 15.0. The van der Waals surface area contributed by atoms with Gasteiger partial charge >= 0.3 is 0 Å². The van der Waals surface area contributed by atoms with E-state index in [-0.39, 0.29) is 11.3 Å². The number of likely N-dealkylation sites (N-methyl/N-ethyl adjacent to an activating group) is 1. The molecule has 0 aliphatic carbocycles. The minimum atomic E-state index is -0.0249. The van der Waals surface area contributed by atoms with E-state index in [0.29, 0.717) is 0 Å². The Morgan fingerprint density at radius 2 is 1.68 bits per heavy atom. The lowest BCUT2D eigenvalue weighted by molar-refractivity contribution is -0.114. The summed E-state index contributed by atoms with van der Waals surface area (Å²) in [5.74, 6) is -0.0249. The summed E-state index contributed by atoms with van der Waals surface area (Å²) in [6.07, 6.45) is 2.33. The van der Waals surface area contributed by atoms with Gasteiger partial charge in [0.2, 0.25) is 5.91 Å². The van der Waals surface area contributed by atoms with Gasteiger partial charge in [0.1, 0.15) is 11.4 Å². The fraction of sp³-hybridized carbons (Fsp3) is 0.381. The smallest absolute Gasteiger partial charge is 0.221 e. The second kappa shape index (κ2) is 5.97. The molecule has 0 aromatic heterocycles. The molecule has 0 saturated carbocycles. The first-order valence-electron chi connectivity index (χ1n) is 9.09.